The van der Waals surface area contributed by atoms with Gasteiger partial charge in [-0.3, -0.25) is 0 Å². The second kappa shape index (κ2) is 6.79. The van der Waals surface area contributed by atoms with Gasteiger partial charge in [0.2, 0.25) is 0 Å². The molecule has 1 unspecified atom stereocenters. The fraction of sp³-hybridized carbons (Fsp3) is 0.182. The first-order valence-corrected chi connectivity index (χ1v) is 9.34. The van der Waals surface area contributed by atoms with Crippen LogP contribution in [-0.2, 0) is 11.3 Å². The van der Waals surface area contributed by atoms with E-state index < -0.39 is 0 Å². The van der Waals surface area contributed by atoms with Crippen LogP contribution in [0.4, 0.5) is 5.82 Å². The van der Waals surface area contributed by atoms with E-state index in [9.17, 15) is 0 Å². The lowest BCUT2D eigenvalue weighted by Crippen LogP contribution is -2.03. The third-order valence-electron chi connectivity index (χ3n) is 5.18. The van der Waals surface area contributed by atoms with E-state index in [4.69, 9.17) is 19.9 Å². The van der Waals surface area contributed by atoms with Gasteiger partial charge in [-0.25, -0.2) is 9.97 Å². The quantitative estimate of drug-likeness (QED) is 0.558. The van der Waals surface area contributed by atoms with Crippen molar-refractivity contribution in [2.75, 3.05) is 12.8 Å². The summed E-state index contributed by atoms with van der Waals surface area (Å²) in [5, 5.41) is 0. The van der Waals surface area contributed by atoms with Crippen LogP contribution in [0.15, 0.2) is 54.9 Å². The third kappa shape index (κ3) is 2.78. The van der Waals surface area contributed by atoms with Crippen LogP contribution in [0.1, 0.15) is 24.3 Å². The average Bonchev–Trinajstić information content (AvgIpc) is 3.28. The summed E-state index contributed by atoms with van der Waals surface area (Å²) in [6, 6.07) is 15.4. The number of methoxy groups -OCH3 is 1. The molecule has 0 spiro atoms. The lowest BCUT2D eigenvalue weighted by atomic mass is 10.1. The highest BCUT2D eigenvalue weighted by Crippen LogP contribution is 2.41. The van der Waals surface area contributed by atoms with Gasteiger partial charge in [0.05, 0.1) is 25.5 Å². The molecule has 2 aromatic carbocycles. The number of hydrogen-bond donors (Lipinski definition) is 1. The molecule has 146 valence electrons. The van der Waals surface area contributed by atoms with Crippen LogP contribution >= 0.6 is 0 Å². The fourth-order valence-corrected chi connectivity index (χ4v) is 3.84. The van der Waals surface area contributed by atoms with Crippen LogP contribution < -0.4 is 15.2 Å². The standard InChI is InChI=1S/C22H20N4O3/c1-13-19-16(11-28-13)26(21-20(19)24-12-25-22(21)23)14-7-9-15(10-8-14)29-18-6-4-3-5-17(18)27-2/h3-10,12-13H,11H2,1-2H3,(H2,23,24,25). The van der Waals surface area contributed by atoms with E-state index in [0.717, 1.165) is 28.0 Å². The SMILES string of the molecule is COc1ccccc1Oc1ccc(-n2c3c(c4ncnc(N)c42)C(C)OC3)cc1. The molecule has 1 aliphatic heterocycles. The normalized spacial score (nSPS) is 15.4. The molecule has 29 heavy (non-hydrogen) atoms. The zero-order valence-electron chi connectivity index (χ0n) is 16.1. The molecule has 7 heteroatoms. The number of benzene rings is 2. The van der Waals surface area contributed by atoms with Gasteiger partial charge in [-0.1, -0.05) is 12.1 Å². The highest BCUT2D eigenvalue weighted by molar-refractivity contribution is 5.91. The van der Waals surface area contributed by atoms with Crippen LogP contribution in [-0.4, -0.2) is 21.6 Å². The van der Waals surface area contributed by atoms with Crippen molar-refractivity contribution in [2.24, 2.45) is 0 Å². The smallest absolute Gasteiger partial charge is 0.169 e. The van der Waals surface area contributed by atoms with Crippen molar-refractivity contribution in [3.63, 3.8) is 0 Å². The van der Waals surface area contributed by atoms with Crippen LogP contribution in [0.2, 0.25) is 0 Å². The number of nitrogens with two attached hydrogens (primary N) is 1. The summed E-state index contributed by atoms with van der Waals surface area (Å²) in [6.45, 7) is 2.53. The summed E-state index contributed by atoms with van der Waals surface area (Å²) in [6.07, 6.45) is 1.47. The molecular weight excluding hydrogens is 368 g/mol. The molecule has 0 bridgehead atoms. The topological polar surface area (TPSA) is 84.4 Å². The Labute approximate surface area is 167 Å². The molecule has 7 nitrogen and oxygen atoms in total. The molecule has 2 N–H and O–H groups in total. The van der Waals surface area contributed by atoms with Crippen LogP contribution in [0.5, 0.6) is 17.2 Å². The molecule has 0 saturated carbocycles. The van der Waals surface area contributed by atoms with Crippen molar-refractivity contribution in [2.45, 2.75) is 19.6 Å². The maximum absolute atomic E-state index is 6.21. The number of para-hydroxylation sites is 2. The van der Waals surface area contributed by atoms with Gasteiger partial charge < -0.3 is 24.5 Å². The first kappa shape index (κ1) is 17.5. The number of fused-ring (bicyclic) bond motifs is 3. The zero-order valence-corrected chi connectivity index (χ0v) is 16.1. The van der Waals surface area contributed by atoms with Gasteiger partial charge >= 0.3 is 0 Å². The van der Waals surface area contributed by atoms with Crippen molar-refractivity contribution < 1.29 is 14.2 Å². The van der Waals surface area contributed by atoms with Gasteiger partial charge in [-0.05, 0) is 43.3 Å². The molecule has 1 aliphatic rings. The van der Waals surface area contributed by atoms with Gasteiger partial charge in [0, 0.05) is 11.3 Å². The van der Waals surface area contributed by atoms with E-state index in [1.54, 1.807) is 7.11 Å². The maximum atomic E-state index is 6.21. The van der Waals surface area contributed by atoms with Gasteiger partial charge in [0.25, 0.3) is 0 Å². The second-order valence-electron chi connectivity index (χ2n) is 6.85. The Morgan fingerprint density at radius 2 is 1.83 bits per heavy atom. The summed E-state index contributed by atoms with van der Waals surface area (Å²) in [5.74, 6) is 2.50. The number of hydrogen-bond acceptors (Lipinski definition) is 6. The monoisotopic (exact) mass is 388 g/mol. The molecule has 0 fully saturated rings. The molecule has 0 aliphatic carbocycles. The van der Waals surface area contributed by atoms with Gasteiger partial charge in [-0.2, -0.15) is 0 Å². The van der Waals surface area contributed by atoms with Gasteiger partial charge in [-0.15, -0.1) is 0 Å². The predicted octanol–water partition coefficient (Wildman–Crippen LogP) is 4.39. The average molecular weight is 388 g/mol. The van der Waals surface area contributed by atoms with Gasteiger partial charge in [0.15, 0.2) is 17.3 Å². The molecule has 0 saturated heterocycles. The lowest BCUT2D eigenvalue weighted by Gasteiger charge is -2.13. The molecule has 0 radical (unpaired) electrons. The highest BCUT2D eigenvalue weighted by Gasteiger charge is 2.30. The number of rotatable bonds is 4. The minimum Gasteiger partial charge on any atom is -0.493 e. The Morgan fingerprint density at radius 1 is 1.07 bits per heavy atom. The highest BCUT2D eigenvalue weighted by atomic mass is 16.5. The number of anilines is 1. The Morgan fingerprint density at radius 3 is 2.59 bits per heavy atom. The molecule has 5 rings (SSSR count). The Hall–Kier alpha value is -3.58. The molecule has 1 atom stereocenters. The fourth-order valence-electron chi connectivity index (χ4n) is 3.84. The van der Waals surface area contributed by atoms with Crippen molar-refractivity contribution in [1.29, 1.82) is 0 Å². The summed E-state index contributed by atoms with van der Waals surface area (Å²) < 4.78 is 19.3. The van der Waals surface area contributed by atoms with Crippen LogP contribution in [0.25, 0.3) is 16.7 Å². The van der Waals surface area contributed by atoms with E-state index in [1.807, 2.05) is 55.5 Å². The van der Waals surface area contributed by atoms with Crippen molar-refractivity contribution in [1.82, 2.24) is 14.5 Å². The van der Waals surface area contributed by atoms with Crippen molar-refractivity contribution in [3.8, 4) is 22.9 Å². The molecule has 4 aromatic rings. The number of nitrogens with zero attached hydrogens (tertiary/aromatic N) is 3. The first-order chi connectivity index (χ1) is 14.2. The third-order valence-corrected chi connectivity index (χ3v) is 5.18. The van der Waals surface area contributed by atoms with E-state index in [2.05, 4.69) is 14.5 Å². The van der Waals surface area contributed by atoms with Crippen LogP contribution in [0.3, 0.4) is 0 Å². The van der Waals surface area contributed by atoms with E-state index in [1.165, 1.54) is 6.33 Å². The lowest BCUT2D eigenvalue weighted by molar-refractivity contribution is 0.0783. The van der Waals surface area contributed by atoms with Crippen LogP contribution in [0, 0.1) is 0 Å². The number of ether oxygens (including phenoxy) is 3. The minimum atomic E-state index is -0.0313. The van der Waals surface area contributed by atoms with E-state index >= 15 is 0 Å². The summed E-state index contributed by atoms with van der Waals surface area (Å²) in [4.78, 5) is 8.66. The largest absolute Gasteiger partial charge is 0.493 e. The van der Waals surface area contributed by atoms with E-state index in [-0.39, 0.29) is 6.10 Å². The van der Waals surface area contributed by atoms with E-state index in [0.29, 0.717) is 29.7 Å². The predicted molar refractivity (Wildman–Crippen MR) is 110 cm³/mol. The molecule has 3 heterocycles. The number of aromatic nitrogens is 3. The minimum absolute atomic E-state index is 0.0313. The van der Waals surface area contributed by atoms with Crippen molar-refractivity contribution in [3.05, 3.63) is 66.1 Å². The summed E-state index contributed by atoms with van der Waals surface area (Å²) in [5.41, 5.74) is 10.9. The van der Waals surface area contributed by atoms with Crippen molar-refractivity contribution >= 4 is 16.9 Å². The molecule has 0 amide bonds. The second-order valence-corrected chi connectivity index (χ2v) is 6.85. The Kier molecular flexibility index (Phi) is 4.10. The maximum Gasteiger partial charge on any atom is 0.169 e. The first-order valence-electron chi connectivity index (χ1n) is 9.34. The molecular formula is C22H20N4O3. The van der Waals surface area contributed by atoms with Gasteiger partial charge in [0.1, 0.15) is 23.1 Å². The summed E-state index contributed by atoms with van der Waals surface area (Å²) in [7, 11) is 1.62. The Balaban J connectivity index is 1.57. The zero-order chi connectivity index (χ0) is 20.0. The summed E-state index contributed by atoms with van der Waals surface area (Å²) >= 11 is 0. The Bertz CT molecular complexity index is 1200. The number of nitrogen functional groups attached to an aromatic ring is 1. The molecule has 2 aromatic heterocycles.